The van der Waals surface area contributed by atoms with Gasteiger partial charge >= 0.3 is 11.9 Å². The molecule has 118 valence electrons. The molecule has 2 aromatic rings. The van der Waals surface area contributed by atoms with Gasteiger partial charge in [-0.3, -0.25) is 9.36 Å². The van der Waals surface area contributed by atoms with Crippen molar-refractivity contribution in [1.29, 1.82) is 0 Å². The fraction of sp³-hybridized carbons (Fsp3) is 0.167. The van der Waals surface area contributed by atoms with Crippen molar-refractivity contribution in [1.82, 2.24) is 9.13 Å². The molecule has 0 atom stereocenters. The van der Waals surface area contributed by atoms with Gasteiger partial charge < -0.3 is 0 Å². The van der Waals surface area contributed by atoms with Gasteiger partial charge in [0.1, 0.15) is 17.3 Å². The van der Waals surface area contributed by atoms with E-state index >= 15 is 0 Å². The number of alkyl halides is 3. The maximum absolute atomic E-state index is 13.5. The molecule has 2 rings (SSSR count). The van der Waals surface area contributed by atoms with Gasteiger partial charge in [-0.1, -0.05) is 0 Å². The average molecular weight is 432 g/mol. The van der Waals surface area contributed by atoms with E-state index < -0.39 is 40.4 Å². The molecule has 22 heavy (non-hydrogen) atoms. The minimum Gasteiger partial charge on any atom is -0.292 e. The standard InChI is InChI=1S/C12H6F5IN2O2/c1-19-8(12(15,16)17)4-9(21)20(11(19)22)5-2-6(13)10(18)7(14)3-5/h2-4H,1H3. The predicted octanol–water partition coefficient (Wildman–Crippen LogP) is 2.44. The second kappa shape index (κ2) is 5.48. The first-order valence-corrected chi connectivity index (χ1v) is 6.67. The first-order chi connectivity index (χ1) is 10.0. The summed E-state index contributed by atoms with van der Waals surface area (Å²) in [6.07, 6.45) is -4.91. The average Bonchev–Trinajstić information content (AvgIpc) is 2.39. The lowest BCUT2D eigenvalue weighted by Crippen LogP contribution is -2.40. The molecule has 0 aliphatic heterocycles. The highest BCUT2D eigenvalue weighted by Gasteiger charge is 2.35. The third-order valence-electron chi connectivity index (χ3n) is 2.84. The smallest absolute Gasteiger partial charge is 0.292 e. The van der Waals surface area contributed by atoms with Crippen molar-refractivity contribution in [3.63, 3.8) is 0 Å². The van der Waals surface area contributed by atoms with E-state index in [-0.39, 0.29) is 18.8 Å². The Bertz CT molecular complexity index is 846. The van der Waals surface area contributed by atoms with Crippen molar-refractivity contribution in [3.8, 4) is 5.69 Å². The van der Waals surface area contributed by atoms with E-state index in [4.69, 9.17) is 0 Å². The van der Waals surface area contributed by atoms with Crippen LogP contribution in [0.1, 0.15) is 5.69 Å². The molecule has 0 unspecified atom stereocenters. The molecular formula is C12H6F5IN2O2. The minimum atomic E-state index is -4.91. The van der Waals surface area contributed by atoms with Crippen LogP contribution in [-0.4, -0.2) is 9.13 Å². The van der Waals surface area contributed by atoms with Crippen molar-refractivity contribution < 1.29 is 22.0 Å². The summed E-state index contributed by atoms with van der Waals surface area (Å²) in [6, 6.07) is 1.58. The third kappa shape index (κ3) is 2.78. The highest BCUT2D eigenvalue weighted by atomic mass is 127. The van der Waals surface area contributed by atoms with Gasteiger partial charge in [0.15, 0.2) is 0 Å². The minimum absolute atomic E-state index is 0.190. The van der Waals surface area contributed by atoms with Gasteiger partial charge in [-0.25, -0.2) is 18.1 Å². The quantitative estimate of drug-likeness (QED) is 0.395. The van der Waals surface area contributed by atoms with Crippen LogP contribution in [0.2, 0.25) is 0 Å². The van der Waals surface area contributed by atoms with Crippen molar-refractivity contribution in [2.24, 2.45) is 7.05 Å². The zero-order valence-corrected chi connectivity index (χ0v) is 12.9. The molecule has 4 nitrogen and oxygen atoms in total. The van der Waals surface area contributed by atoms with E-state index in [9.17, 15) is 31.5 Å². The number of rotatable bonds is 1. The summed E-state index contributed by atoms with van der Waals surface area (Å²) in [5.74, 6) is -2.08. The molecular weight excluding hydrogens is 426 g/mol. The molecule has 0 saturated heterocycles. The van der Waals surface area contributed by atoms with Crippen LogP contribution in [-0.2, 0) is 13.2 Å². The zero-order chi connectivity index (χ0) is 16.8. The SMILES string of the molecule is Cn1c(C(F)(F)F)cc(=O)n(-c2cc(F)c(I)c(F)c2)c1=O. The summed E-state index contributed by atoms with van der Waals surface area (Å²) in [7, 11) is 0.806. The molecule has 0 aliphatic rings. The van der Waals surface area contributed by atoms with Gasteiger partial charge in [-0.05, 0) is 34.7 Å². The van der Waals surface area contributed by atoms with Crippen molar-refractivity contribution in [2.75, 3.05) is 0 Å². The van der Waals surface area contributed by atoms with E-state index in [1.54, 1.807) is 0 Å². The van der Waals surface area contributed by atoms with Crippen LogP contribution in [0.3, 0.4) is 0 Å². The second-order valence-corrected chi connectivity index (χ2v) is 5.34. The maximum atomic E-state index is 13.5. The number of hydrogen-bond acceptors (Lipinski definition) is 2. The molecule has 0 spiro atoms. The van der Waals surface area contributed by atoms with Crippen LogP contribution < -0.4 is 11.2 Å². The molecule has 0 saturated carbocycles. The van der Waals surface area contributed by atoms with E-state index in [1.165, 1.54) is 22.6 Å². The summed E-state index contributed by atoms with van der Waals surface area (Å²) in [6.45, 7) is 0. The molecule has 0 aliphatic carbocycles. The Hall–Kier alpha value is -1.72. The lowest BCUT2D eigenvalue weighted by atomic mass is 10.3. The third-order valence-corrected chi connectivity index (χ3v) is 3.87. The monoisotopic (exact) mass is 432 g/mol. The molecule has 1 aromatic heterocycles. The summed E-state index contributed by atoms with van der Waals surface area (Å²) in [5, 5.41) is 0. The highest BCUT2D eigenvalue weighted by Crippen LogP contribution is 2.27. The van der Waals surface area contributed by atoms with Crippen molar-refractivity contribution in [3.05, 3.63) is 59.9 Å². The number of halogens is 6. The first kappa shape index (κ1) is 16.6. The normalized spacial score (nSPS) is 11.8. The zero-order valence-electron chi connectivity index (χ0n) is 10.7. The Labute approximate surface area is 132 Å². The Morgan fingerprint density at radius 2 is 1.55 bits per heavy atom. The summed E-state index contributed by atoms with van der Waals surface area (Å²) < 4.78 is 65.2. The van der Waals surface area contributed by atoms with E-state index in [2.05, 4.69) is 0 Å². The van der Waals surface area contributed by atoms with Crippen LogP contribution in [0.4, 0.5) is 22.0 Å². The van der Waals surface area contributed by atoms with Crippen molar-refractivity contribution >= 4 is 22.6 Å². The van der Waals surface area contributed by atoms with Gasteiger partial charge in [0.2, 0.25) is 0 Å². The Morgan fingerprint density at radius 1 is 1.05 bits per heavy atom. The molecule has 0 amide bonds. The fourth-order valence-electron chi connectivity index (χ4n) is 1.81. The molecule has 1 heterocycles. The molecule has 0 N–H and O–H groups in total. The summed E-state index contributed by atoms with van der Waals surface area (Å²) >= 11 is 1.38. The van der Waals surface area contributed by atoms with E-state index in [0.29, 0.717) is 12.1 Å². The first-order valence-electron chi connectivity index (χ1n) is 5.59. The Morgan fingerprint density at radius 3 is 2.00 bits per heavy atom. The summed E-state index contributed by atoms with van der Waals surface area (Å²) in [4.78, 5) is 23.7. The van der Waals surface area contributed by atoms with Gasteiger partial charge in [0, 0.05) is 13.1 Å². The lowest BCUT2D eigenvalue weighted by Gasteiger charge is -2.14. The lowest BCUT2D eigenvalue weighted by molar-refractivity contribution is -0.144. The molecule has 0 bridgehead atoms. The topological polar surface area (TPSA) is 44.0 Å². The van der Waals surface area contributed by atoms with Gasteiger partial charge in [0.25, 0.3) is 5.56 Å². The summed E-state index contributed by atoms with van der Waals surface area (Å²) in [5.41, 5.74) is -4.64. The maximum Gasteiger partial charge on any atom is 0.431 e. The van der Waals surface area contributed by atoms with Gasteiger partial charge in [-0.2, -0.15) is 13.2 Å². The molecule has 0 fully saturated rings. The van der Waals surface area contributed by atoms with Crippen LogP contribution in [0.5, 0.6) is 0 Å². The van der Waals surface area contributed by atoms with Gasteiger partial charge in [-0.15, -0.1) is 0 Å². The van der Waals surface area contributed by atoms with Crippen LogP contribution in [0.15, 0.2) is 27.8 Å². The highest BCUT2D eigenvalue weighted by molar-refractivity contribution is 14.1. The van der Waals surface area contributed by atoms with Crippen LogP contribution >= 0.6 is 22.6 Å². The molecule has 10 heteroatoms. The number of nitrogens with zero attached hydrogens (tertiary/aromatic N) is 2. The largest absolute Gasteiger partial charge is 0.431 e. The predicted molar refractivity (Wildman–Crippen MR) is 74.9 cm³/mol. The molecule has 1 aromatic carbocycles. The van der Waals surface area contributed by atoms with E-state index in [1.807, 2.05) is 0 Å². The molecule has 0 radical (unpaired) electrons. The van der Waals surface area contributed by atoms with E-state index in [0.717, 1.165) is 7.05 Å². The van der Waals surface area contributed by atoms with Gasteiger partial charge in [0.05, 0.1) is 9.26 Å². The number of benzene rings is 1. The second-order valence-electron chi connectivity index (χ2n) is 4.27. The van der Waals surface area contributed by atoms with Crippen LogP contribution in [0.25, 0.3) is 5.69 Å². The fourth-order valence-corrected chi connectivity index (χ4v) is 2.12. The number of aromatic nitrogens is 2. The Kier molecular flexibility index (Phi) is 4.15. The van der Waals surface area contributed by atoms with Crippen molar-refractivity contribution in [2.45, 2.75) is 6.18 Å². The number of hydrogen-bond donors (Lipinski definition) is 0. The Balaban J connectivity index is 2.82. The van der Waals surface area contributed by atoms with Crippen LogP contribution in [0, 0.1) is 15.2 Å².